The SMILES string of the molecule is CNC(C#N)C(C)(C)c1ccc(C)c(Br)c1. The summed E-state index contributed by atoms with van der Waals surface area (Å²) < 4.78 is 1.09. The maximum atomic E-state index is 9.12. The minimum Gasteiger partial charge on any atom is -0.304 e. The molecule has 0 aliphatic carbocycles. The number of nitriles is 1. The second-order valence-corrected chi connectivity index (χ2v) is 5.39. The normalized spacial score (nSPS) is 13.2. The van der Waals surface area contributed by atoms with Crippen LogP contribution in [0.25, 0.3) is 0 Å². The fraction of sp³-hybridized carbons (Fsp3) is 0.462. The van der Waals surface area contributed by atoms with Gasteiger partial charge in [0.25, 0.3) is 0 Å². The molecule has 0 amide bonds. The third kappa shape index (κ3) is 2.45. The average molecular weight is 281 g/mol. The van der Waals surface area contributed by atoms with Gasteiger partial charge in [-0.1, -0.05) is 41.9 Å². The van der Waals surface area contributed by atoms with Crippen LogP contribution in [0.4, 0.5) is 0 Å². The standard InChI is InChI=1S/C13H17BrN2/c1-9-5-6-10(7-11(9)14)13(2,3)12(8-15)16-4/h5-7,12,16H,1-4H3. The van der Waals surface area contributed by atoms with Gasteiger partial charge in [-0.15, -0.1) is 0 Å². The first kappa shape index (κ1) is 13.2. The first-order valence-electron chi connectivity index (χ1n) is 5.27. The molecule has 2 nitrogen and oxygen atoms in total. The van der Waals surface area contributed by atoms with E-state index >= 15 is 0 Å². The van der Waals surface area contributed by atoms with Gasteiger partial charge in [-0.05, 0) is 31.2 Å². The number of hydrogen-bond acceptors (Lipinski definition) is 2. The molecule has 1 aromatic rings. The zero-order chi connectivity index (χ0) is 12.3. The van der Waals surface area contributed by atoms with Crippen LogP contribution in [0.5, 0.6) is 0 Å². The van der Waals surface area contributed by atoms with E-state index in [4.69, 9.17) is 5.26 Å². The van der Waals surface area contributed by atoms with E-state index in [1.54, 1.807) is 0 Å². The van der Waals surface area contributed by atoms with E-state index in [9.17, 15) is 0 Å². The van der Waals surface area contributed by atoms with Crippen molar-refractivity contribution in [1.29, 1.82) is 5.26 Å². The Bertz CT molecular complexity index is 418. The highest BCUT2D eigenvalue weighted by Gasteiger charge is 2.30. The molecule has 0 heterocycles. The van der Waals surface area contributed by atoms with Gasteiger partial charge in [0.05, 0.1) is 6.07 Å². The Morgan fingerprint density at radius 2 is 2.06 bits per heavy atom. The molecule has 1 atom stereocenters. The summed E-state index contributed by atoms with van der Waals surface area (Å²) in [6.45, 7) is 6.21. The molecule has 1 aromatic carbocycles. The van der Waals surface area contributed by atoms with Crippen LogP contribution in [-0.4, -0.2) is 13.1 Å². The van der Waals surface area contributed by atoms with Crippen molar-refractivity contribution in [2.45, 2.75) is 32.2 Å². The van der Waals surface area contributed by atoms with Crippen LogP contribution < -0.4 is 5.32 Å². The second-order valence-electron chi connectivity index (χ2n) is 4.54. The van der Waals surface area contributed by atoms with Gasteiger partial charge in [-0.25, -0.2) is 0 Å². The Balaban J connectivity index is 3.17. The smallest absolute Gasteiger partial charge is 0.104 e. The topological polar surface area (TPSA) is 35.8 Å². The Morgan fingerprint density at radius 1 is 1.44 bits per heavy atom. The van der Waals surface area contributed by atoms with Crippen LogP contribution in [-0.2, 0) is 5.41 Å². The fourth-order valence-electron chi connectivity index (χ4n) is 1.75. The third-order valence-corrected chi connectivity index (χ3v) is 3.91. The van der Waals surface area contributed by atoms with Gasteiger partial charge in [-0.2, -0.15) is 5.26 Å². The van der Waals surface area contributed by atoms with Gasteiger partial charge in [0, 0.05) is 9.89 Å². The minimum absolute atomic E-state index is 0.192. The number of nitrogens with one attached hydrogen (secondary N) is 1. The van der Waals surface area contributed by atoms with Crippen molar-refractivity contribution in [3.63, 3.8) is 0 Å². The number of likely N-dealkylation sites (N-methyl/N-ethyl adjacent to an activating group) is 1. The van der Waals surface area contributed by atoms with Gasteiger partial charge in [-0.3, -0.25) is 0 Å². The molecular formula is C13H17BrN2. The summed E-state index contributed by atoms with van der Waals surface area (Å²) in [5.74, 6) is 0. The van der Waals surface area contributed by atoms with Gasteiger partial charge in [0.1, 0.15) is 6.04 Å². The Labute approximate surface area is 106 Å². The number of nitrogens with zero attached hydrogens (tertiary/aromatic N) is 1. The molecule has 0 fully saturated rings. The minimum atomic E-state index is -0.209. The molecule has 16 heavy (non-hydrogen) atoms. The van der Waals surface area contributed by atoms with Crippen LogP contribution in [0.2, 0.25) is 0 Å². The summed E-state index contributed by atoms with van der Waals surface area (Å²) in [7, 11) is 1.82. The van der Waals surface area contributed by atoms with Crippen molar-refractivity contribution >= 4 is 15.9 Å². The molecule has 0 radical (unpaired) electrons. The van der Waals surface area contributed by atoms with Crippen molar-refractivity contribution in [3.8, 4) is 6.07 Å². The number of hydrogen-bond donors (Lipinski definition) is 1. The molecule has 0 bridgehead atoms. The number of aryl methyl sites for hydroxylation is 1. The molecule has 86 valence electrons. The molecule has 0 spiro atoms. The average Bonchev–Trinajstić information content (AvgIpc) is 2.23. The molecule has 0 saturated carbocycles. The van der Waals surface area contributed by atoms with E-state index < -0.39 is 0 Å². The molecule has 1 rings (SSSR count). The van der Waals surface area contributed by atoms with Crippen LogP contribution in [0.3, 0.4) is 0 Å². The molecule has 1 N–H and O–H groups in total. The first-order chi connectivity index (χ1) is 7.43. The largest absolute Gasteiger partial charge is 0.304 e. The quantitative estimate of drug-likeness (QED) is 0.923. The van der Waals surface area contributed by atoms with Gasteiger partial charge in [0.15, 0.2) is 0 Å². The summed E-state index contributed by atoms with van der Waals surface area (Å²) in [6, 6.07) is 8.36. The van der Waals surface area contributed by atoms with Crippen molar-refractivity contribution in [2.24, 2.45) is 0 Å². The molecule has 0 saturated heterocycles. The van der Waals surface area contributed by atoms with Crippen molar-refractivity contribution in [2.75, 3.05) is 7.05 Å². The van der Waals surface area contributed by atoms with Crippen molar-refractivity contribution in [3.05, 3.63) is 33.8 Å². The maximum Gasteiger partial charge on any atom is 0.104 e. The first-order valence-corrected chi connectivity index (χ1v) is 6.06. The van der Waals surface area contributed by atoms with Crippen LogP contribution in [0.1, 0.15) is 25.0 Å². The van der Waals surface area contributed by atoms with Crippen molar-refractivity contribution < 1.29 is 0 Å². The molecule has 0 aliphatic heterocycles. The summed E-state index contributed by atoms with van der Waals surface area (Å²) in [5.41, 5.74) is 2.16. The number of halogens is 1. The lowest BCUT2D eigenvalue weighted by molar-refractivity contribution is 0.423. The van der Waals surface area contributed by atoms with Gasteiger partial charge < -0.3 is 5.32 Å². The summed E-state index contributed by atoms with van der Waals surface area (Å²) in [4.78, 5) is 0. The predicted octanol–water partition coefficient (Wildman–Crippen LogP) is 3.15. The monoisotopic (exact) mass is 280 g/mol. The zero-order valence-corrected chi connectivity index (χ0v) is 11.7. The van der Waals surface area contributed by atoms with Crippen LogP contribution in [0.15, 0.2) is 22.7 Å². The van der Waals surface area contributed by atoms with E-state index in [1.807, 2.05) is 7.05 Å². The summed E-state index contributed by atoms with van der Waals surface area (Å²) in [6.07, 6.45) is 0. The van der Waals surface area contributed by atoms with E-state index in [2.05, 4.69) is 66.3 Å². The van der Waals surface area contributed by atoms with E-state index in [0.717, 1.165) is 10.0 Å². The Morgan fingerprint density at radius 3 is 2.50 bits per heavy atom. The summed E-state index contributed by atoms with van der Waals surface area (Å²) in [5, 5.41) is 12.2. The summed E-state index contributed by atoms with van der Waals surface area (Å²) >= 11 is 3.53. The van der Waals surface area contributed by atoms with Gasteiger partial charge in [0.2, 0.25) is 0 Å². The van der Waals surface area contributed by atoms with E-state index in [0.29, 0.717) is 0 Å². The van der Waals surface area contributed by atoms with Gasteiger partial charge >= 0.3 is 0 Å². The lowest BCUT2D eigenvalue weighted by Crippen LogP contribution is -2.41. The number of benzene rings is 1. The highest BCUT2D eigenvalue weighted by atomic mass is 79.9. The highest BCUT2D eigenvalue weighted by molar-refractivity contribution is 9.10. The maximum absolute atomic E-state index is 9.12. The van der Waals surface area contributed by atoms with E-state index in [1.165, 1.54) is 5.56 Å². The molecule has 0 aliphatic rings. The van der Waals surface area contributed by atoms with Crippen LogP contribution in [0, 0.1) is 18.3 Å². The second kappa shape index (κ2) is 4.99. The highest BCUT2D eigenvalue weighted by Crippen LogP contribution is 2.30. The Kier molecular flexibility index (Phi) is 4.12. The van der Waals surface area contributed by atoms with Crippen molar-refractivity contribution in [1.82, 2.24) is 5.32 Å². The molecule has 1 unspecified atom stereocenters. The molecule has 0 aromatic heterocycles. The van der Waals surface area contributed by atoms with Crippen LogP contribution >= 0.6 is 15.9 Å². The Hall–Kier alpha value is -0.850. The third-order valence-electron chi connectivity index (χ3n) is 3.06. The zero-order valence-electron chi connectivity index (χ0n) is 10.1. The lowest BCUT2D eigenvalue weighted by atomic mass is 9.78. The lowest BCUT2D eigenvalue weighted by Gasteiger charge is -2.30. The molecule has 3 heteroatoms. The fourth-order valence-corrected chi connectivity index (χ4v) is 2.13. The predicted molar refractivity (Wildman–Crippen MR) is 70.4 cm³/mol. The number of rotatable bonds is 3. The molecular weight excluding hydrogens is 264 g/mol. The van der Waals surface area contributed by atoms with E-state index in [-0.39, 0.29) is 11.5 Å².